The van der Waals surface area contributed by atoms with Crippen molar-refractivity contribution in [3.8, 4) is 0 Å². The molecule has 0 unspecified atom stereocenters. The van der Waals surface area contributed by atoms with Gasteiger partial charge in [-0.2, -0.15) is 0 Å². The molecule has 4 nitrogen and oxygen atoms in total. The van der Waals surface area contributed by atoms with Gasteiger partial charge in [0.2, 0.25) is 10.0 Å². The topological polar surface area (TPSA) is 55.4 Å². The summed E-state index contributed by atoms with van der Waals surface area (Å²) < 4.78 is 31.7. The minimum Gasteiger partial charge on any atom is -0.381 e. The first-order valence-corrected chi connectivity index (χ1v) is 6.73. The number of ether oxygens (including phenoxy) is 1. The standard InChI is InChI=1S/C9H17NO3S/c1-7-6-13-5-4-9(7)14(11,12)10-8-2-3-8/h7-10H,2-6H2,1H3/t7-,9+/m0/s1. The molecule has 1 aliphatic heterocycles. The number of rotatable bonds is 3. The first-order valence-electron chi connectivity index (χ1n) is 5.18. The summed E-state index contributed by atoms with van der Waals surface area (Å²) in [6.45, 7) is 3.08. The van der Waals surface area contributed by atoms with Gasteiger partial charge in [-0.05, 0) is 25.2 Å². The smallest absolute Gasteiger partial charge is 0.215 e. The van der Waals surface area contributed by atoms with E-state index < -0.39 is 10.0 Å². The third-order valence-electron chi connectivity index (χ3n) is 2.87. The van der Waals surface area contributed by atoms with E-state index in [0.717, 1.165) is 12.8 Å². The van der Waals surface area contributed by atoms with E-state index in [1.54, 1.807) is 0 Å². The van der Waals surface area contributed by atoms with Crippen molar-refractivity contribution in [2.45, 2.75) is 37.5 Å². The zero-order valence-electron chi connectivity index (χ0n) is 8.40. The molecular weight excluding hydrogens is 202 g/mol. The van der Waals surface area contributed by atoms with Crippen molar-refractivity contribution in [2.24, 2.45) is 5.92 Å². The Morgan fingerprint density at radius 1 is 1.29 bits per heavy atom. The van der Waals surface area contributed by atoms with Gasteiger partial charge in [-0.3, -0.25) is 0 Å². The van der Waals surface area contributed by atoms with Crippen LogP contribution in [0.1, 0.15) is 26.2 Å². The zero-order chi connectivity index (χ0) is 10.2. The van der Waals surface area contributed by atoms with Gasteiger partial charge in [-0.1, -0.05) is 6.92 Å². The Labute approximate surface area is 85.1 Å². The Hall–Kier alpha value is -0.130. The van der Waals surface area contributed by atoms with Crippen LogP contribution in [-0.4, -0.2) is 32.9 Å². The first kappa shape index (κ1) is 10.4. The molecule has 0 aromatic rings. The average Bonchev–Trinajstić information content (AvgIpc) is 2.88. The summed E-state index contributed by atoms with van der Waals surface area (Å²) in [6.07, 6.45) is 2.62. The highest BCUT2D eigenvalue weighted by molar-refractivity contribution is 7.90. The molecule has 0 radical (unpaired) electrons. The summed E-state index contributed by atoms with van der Waals surface area (Å²) in [4.78, 5) is 0. The van der Waals surface area contributed by atoms with E-state index in [1.807, 2.05) is 6.92 Å². The maximum absolute atomic E-state index is 11.9. The number of hydrogen-bond acceptors (Lipinski definition) is 3. The van der Waals surface area contributed by atoms with Gasteiger partial charge < -0.3 is 4.74 Å². The molecule has 5 heteroatoms. The molecule has 1 saturated heterocycles. The van der Waals surface area contributed by atoms with Crippen molar-refractivity contribution in [3.05, 3.63) is 0 Å². The summed E-state index contributed by atoms with van der Waals surface area (Å²) in [5.41, 5.74) is 0. The van der Waals surface area contributed by atoms with Crippen LogP contribution in [0.3, 0.4) is 0 Å². The van der Waals surface area contributed by atoms with Crippen molar-refractivity contribution >= 4 is 10.0 Å². The molecule has 2 aliphatic rings. The fourth-order valence-electron chi connectivity index (χ4n) is 1.84. The van der Waals surface area contributed by atoms with Gasteiger partial charge in [0.1, 0.15) is 0 Å². The van der Waals surface area contributed by atoms with Crippen molar-refractivity contribution in [2.75, 3.05) is 13.2 Å². The highest BCUT2D eigenvalue weighted by Crippen LogP contribution is 2.25. The Morgan fingerprint density at radius 2 is 2.00 bits per heavy atom. The normalized spacial score (nSPS) is 34.4. The number of sulfonamides is 1. The fourth-order valence-corrected chi connectivity index (χ4v) is 3.81. The van der Waals surface area contributed by atoms with E-state index in [0.29, 0.717) is 19.6 Å². The van der Waals surface area contributed by atoms with E-state index in [-0.39, 0.29) is 17.2 Å². The largest absolute Gasteiger partial charge is 0.381 e. The Morgan fingerprint density at radius 3 is 2.57 bits per heavy atom. The van der Waals surface area contributed by atoms with E-state index in [9.17, 15) is 8.42 Å². The molecule has 2 atom stereocenters. The van der Waals surface area contributed by atoms with Crippen LogP contribution in [0.15, 0.2) is 0 Å². The Balaban J connectivity index is 2.02. The van der Waals surface area contributed by atoms with Gasteiger partial charge in [0.15, 0.2) is 0 Å². The molecule has 0 aromatic carbocycles. The molecule has 0 bridgehead atoms. The summed E-state index contributed by atoms with van der Waals surface area (Å²) >= 11 is 0. The van der Waals surface area contributed by atoms with Gasteiger partial charge in [-0.25, -0.2) is 13.1 Å². The molecule has 0 aromatic heterocycles. The molecule has 0 spiro atoms. The fraction of sp³-hybridized carbons (Fsp3) is 1.00. The maximum Gasteiger partial charge on any atom is 0.215 e. The molecular formula is C9H17NO3S. The second-order valence-corrected chi connectivity index (χ2v) is 6.25. The molecule has 82 valence electrons. The minimum atomic E-state index is -3.10. The molecule has 2 rings (SSSR count). The lowest BCUT2D eigenvalue weighted by Gasteiger charge is -2.28. The summed E-state index contributed by atoms with van der Waals surface area (Å²) in [5.74, 6) is 0.111. The van der Waals surface area contributed by atoms with Crippen molar-refractivity contribution in [3.63, 3.8) is 0 Å². The van der Waals surface area contributed by atoms with Crippen LogP contribution in [0, 0.1) is 5.92 Å². The van der Waals surface area contributed by atoms with E-state index in [4.69, 9.17) is 4.74 Å². The highest BCUT2D eigenvalue weighted by Gasteiger charge is 2.37. The monoisotopic (exact) mass is 219 g/mol. The van der Waals surface area contributed by atoms with Gasteiger partial charge >= 0.3 is 0 Å². The summed E-state index contributed by atoms with van der Waals surface area (Å²) in [6, 6.07) is 0.218. The predicted molar refractivity (Wildman–Crippen MR) is 53.5 cm³/mol. The van der Waals surface area contributed by atoms with Crippen LogP contribution < -0.4 is 4.72 Å². The van der Waals surface area contributed by atoms with Gasteiger partial charge in [0.25, 0.3) is 0 Å². The minimum absolute atomic E-state index is 0.111. The van der Waals surface area contributed by atoms with Crippen molar-refractivity contribution in [1.29, 1.82) is 0 Å². The molecule has 1 saturated carbocycles. The van der Waals surface area contributed by atoms with Crippen LogP contribution in [0.25, 0.3) is 0 Å². The first-order chi connectivity index (χ1) is 6.59. The molecule has 1 N–H and O–H groups in total. The molecule has 1 aliphatic carbocycles. The van der Waals surface area contributed by atoms with Crippen LogP contribution in [0.4, 0.5) is 0 Å². The average molecular weight is 219 g/mol. The zero-order valence-corrected chi connectivity index (χ0v) is 9.22. The Bertz CT molecular complexity index is 297. The van der Waals surface area contributed by atoms with Gasteiger partial charge in [-0.15, -0.1) is 0 Å². The highest BCUT2D eigenvalue weighted by atomic mass is 32.2. The van der Waals surface area contributed by atoms with E-state index >= 15 is 0 Å². The quantitative estimate of drug-likeness (QED) is 0.751. The Kier molecular flexibility index (Phi) is 2.81. The molecule has 1 heterocycles. The van der Waals surface area contributed by atoms with Crippen LogP contribution in [0.2, 0.25) is 0 Å². The van der Waals surface area contributed by atoms with Crippen LogP contribution in [0.5, 0.6) is 0 Å². The van der Waals surface area contributed by atoms with E-state index in [2.05, 4.69) is 4.72 Å². The number of nitrogens with one attached hydrogen (secondary N) is 1. The molecule has 2 fully saturated rings. The second-order valence-electron chi connectivity index (χ2n) is 4.32. The SMILES string of the molecule is C[C@H]1COCC[C@H]1S(=O)(=O)NC1CC1. The third-order valence-corrected chi connectivity index (χ3v) is 5.03. The summed E-state index contributed by atoms with van der Waals surface area (Å²) in [7, 11) is -3.10. The van der Waals surface area contributed by atoms with Crippen molar-refractivity contribution < 1.29 is 13.2 Å². The summed E-state index contributed by atoms with van der Waals surface area (Å²) in [5, 5.41) is -0.253. The van der Waals surface area contributed by atoms with Crippen LogP contribution >= 0.6 is 0 Å². The van der Waals surface area contributed by atoms with Crippen LogP contribution in [-0.2, 0) is 14.8 Å². The molecule has 14 heavy (non-hydrogen) atoms. The second kappa shape index (κ2) is 3.79. The lowest BCUT2D eigenvalue weighted by atomic mass is 10.0. The number of hydrogen-bond donors (Lipinski definition) is 1. The predicted octanol–water partition coefficient (Wildman–Crippen LogP) is 0.493. The van der Waals surface area contributed by atoms with Crippen molar-refractivity contribution in [1.82, 2.24) is 4.72 Å². The molecule has 0 amide bonds. The van der Waals surface area contributed by atoms with Gasteiger partial charge in [0.05, 0.1) is 11.9 Å². The maximum atomic E-state index is 11.9. The van der Waals surface area contributed by atoms with E-state index in [1.165, 1.54) is 0 Å². The lowest BCUT2D eigenvalue weighted by molar-refractivity contribution is 0.0635. The van der Waals surface area contributed by atoms with Gasteiger partial charge in [0, 0.05) is 12.6 Å². The lowest BCUT2D eigenvalue weighted by Crippen LogP contribution is -2.43. The third kappa shape index (κ3) is 2.27.